The number of thioether (sulfide) groups is 1. The first kappa shape index (κ1) is 17.2. The van der Waals surface area contributed by atoms with Crippen LogP contribution in [0, 0.1) is 0 Å². The Labute approximate surface area is 157 Å². The summed E-state index contributed by atoms with van der Waals surface area (Å²) in [6.45, 7) is 1.84. The van der Waals surface area contributed by atoms with Crippen LogP contribution in [-0.4, -0.2) is 26.2 Å². The molecule has 0 spiro atoms. The van der Waals surface area contributed by atoms with E-state index in [2.05, 4.69) is 31.1 Å². The van der Waals surface area contributed by atoms with E-state index in [1.807, 2.05) is 31.2 Å². The molecule has 3 aromatic rings. The molecule has 7 heteroatoms. The molecule has 2 aromatic carbocycles. The lowest BCUT2D eigenvalue weighted by Crippen LogP contribution is -2.13. The van der Waals surface area contributed by atoms with E-state index in [-0.39, 0.29) is 11.0 Å². The number of H-pyrrole nitrogens is 1. The highest BCUT2D eigenvalue weighted by atomic mass is 79.9. The monoisotopic (exact) mass is 421 g/mol. The maximum absolute atomic E-state index is 12.5. The fraction of sp³-hybridized carbons (Fsp3) is 0.118. The summed E-state index contributed by atoms with van der Waals surface area (Å²) in [5.41, 5.74) is 1.55. The van der Waals surface area contributed by atoms with Crippen molar-refractivity contribution in [3.05, 3.63) is 63.6 Å². The average molecular weight is 423 g/mol. The van der Waals surface area contributed by atoms with Crippen molar-refractivity contribution in [1.29, 1.82) is 0 Å². The molecule has 4 nitrogen and oxygen atoms in total. The molecule has 1 atom stereocenters. The van der Waals surface area contributed by atoms with Crippen molar-refractivity contribution in [2.24, 2.45) is 0 Å². The largest absolute Gasteiger partial charge is 0.293 e. The Morgan fingerprint density at radius 3 is 2.62 bits per heavy atom. The molecule has 0 bridgehead atoms. The zero-order valence-electron chi connectivity index (χ0n) is 12.7. The van der Waals surface area contributed by atoms with Gasteiger partial charge in [0.05, 0.1) is 5.25 Å². The van der Waals surface area contributed by atoms with Gasteiger partial charge in [-0.15, -0.1) is 5.10 Å². The number of rotatable bonds is 5. The molecular formula is C17H13BrClN3OS. The predicted octanol–water partition coefficient (Wildman–Crippen LogP) is 5.25. The Balaban J connectivity index is 1.73. The molecule has 0 fully saturated rings. The van der Waals surface area contributed by atoms with E-state index in [9.17, 15) is 4.79 Å². The number of nitrogens with zero attached hydrogens (tertiary/aromatic N) is 2. The lowest BCUT2D eigenvalue weighted by Gasteiger charge is -2.07. The van der Waals surface area contributed by atoms with Gasteiger partial charge in [-0.25, -0.2) is 4.98 Å². The van der Waals surface area contributed by atoms with Gasteiger partial charge in [0.25, 0.3) is 0 Å². The van der Waals surface area contributed by atoms with E-state index in [0.29, 0.717) is 21.6 Å². The minimum atomic E-state index is -0.297. The van der Waals surface area contributed by atoms with Gasteiger partial charge in [0, 0.05) is 20.6 Å². The molecule has 0 saturated carbocycles. The van der Waals surface area contributed by atoms with Crippen LogP contribution in [0.5, 0.6) is 0 Å². The summed E-state index contributed by atoms with van der Waals surface area (Å²) in [4.78, 5) is 16.9. The quantitative estimate of drug-likeness (QED) is 0.450. The molecule has 0 saturated heterocycles. The molecule has 0 aliphatic heterocycles. The molecule has 122 valence electrons. The molecule has 1 heterocycles. The minimum absolute atomic E-state index is 0.0175. The van der Waals surface area contributed by atoms with Gasteiger partial charge in [-0.1, -0.05) is 57.5 Å². The zero-order chi connectivity index (χ0) is 17.1. The van der Waals surface area contributed by atoms with E-state index in [0.717, 1.165) is 10.0 Å². The molecule has 0 aliphatic carbocycles. The number of nitrogens with one attached hydrogen (secondary N) is 1. The van der Waals surface area contributed by atoms with Crippen LogP contribution < -0.4 is 0 Å². The van der Waals surface area contributed by atoms with Gasteiger partial charge in [-0.05, 0) is 37.3 Å². The van der Waals surface area contributed by atoms with Crippen molar-refractivity contribution >= 4 is 45.1 Å². The molecule has 0 aliphatic rings. The maximum atomic E-state index is 12.5. The first-order valence-electron chi connectivity index (χ1n) is 7.18. The molecular weight excluding hydrogens is 410 g/mol. The van der Waals surface area contributed by atoms with Gasteiger partial charge in [0.2, 0.25) is 5.16 Å². The lowest BCUT2D eigenvalue weighted by molar-refractivity contribution is 0.0994. The highest BCUT2D eigenvalue weighted by Gasteiger charge is 2.19. The highest BCUT2D eigenvalue weighted by Crippen LogP contribution is 2.28. The number of aromatic nitrogens is 3. The van der Waals surface area contributed by atoms with Crippen LogP contribution >= 0.6 is 39.3 Å². The van der Waals surface area contributed by atoms with E-state index in [4.69, 9.17) is 11.6 Å². The van der Waals surface area contributed by atoms with Gasteiger partial charge in [0.15, 0.2) is 11.6 Å². The smallest absolute Gasteiger partial charge is 0.209 e. The minimum Gasteiger partial charge on any atom is -0.293 e. The number of aromatic amines is 1. The summed E-state index contributed by atoms with van der Waals surface area (Å²) >= 11 is 10.7. The van der Waals surface area contributed by atoms with Gasteiger partial charge >= 0.3 is 0 Å². The number of benzene rings is 2. The Bertz CT molecular complexity index is 866. The number of hydrogen-bond acceptors (Lipinski definition) is 4. The lowest BCUT2D eigenvalue weighted by atomic mass is 10.1. The third-order valence-electron chi connectivity index (χ3n) is 3.37. The number of ketones is 1. The molecule has 1 aromatic heterocycles. The van der Waals surface area contributed by atoms with Crippen molar-refractivity contribution in [2.75, 3.05) is 0 Å². The average Bonchev–Trinajstić information content (AvgIpc) is 3.03. The summed E-state index contributed by atoms with van der Waals surface area (Å²) in [5, 5.41) is 7.96. The van der Waals surface area contributed by atoms with E-state index in [1.54, 1.807) is 24.3 Å². The van der Waals surface area contributed by atoms with Crippen LogP contribution in [-0.2, 0) is 0 Å². The normalized spacial score (nSPS) is 12.1. The third-order valence-corrected chi connectivity index (χ3v) is 5.28. The molecule has 0 amide bonds. The topological polar surface area (TPSA) is 58.6 Å². The van der Waals surface area contributed by atoms with Crippen LogP contribution in [0.3, 0.4) is 0 Å². The molecule has 0 radical (unpaired) electrons. The van der Waals surface area contributed by atoms with Crippen LogP contribution in [0.2, 0.25) is 5.02 Å². The van der Waals surface area contributed by atoms with Crippen molar-refractivity contribution in [1.82, 2.24) is 15.2 Å². The maximum Gasteiger partial charge on any atom is 0.209 e. The highest BCUT2D eigenvalue weighted by molar-refractivity contribution is 9.10. The SMILES string of the molecule is CC(Sc1n[nH]c(-c2ccccc2Br)n1)C(=O)c1ccc(Cl)cc1. The Kier molecular flexibility index (Phi) is 5.38. The summed E-state index contributed by atoms with van der Waals surface area (Å²) in [5.74, 6) is 0.681. The van der Waals surface area contributed by atoms with E-state index < -0.39 is 0 Å². The van der Waals surface area contributed by atoms with Gasteiger partial charge in [0.1, 0.15) is 0 Å². The van der Waals surface area contributed by atoms with Gasteiger partial charge in [-0.3, -0.25) is 9.89 Å². The summed E-state index contributed by atoms with van der Waals surface area (Å²) < 4.78 is 0.933. The van der Waals surface area contributed by atoms with E-state index >= 15 is 0 Å². The van der Waals surface area contributed by atoms with Gasteiger partial charge < -0.3 is 0 Å². The number of Topliss-reactive ketones (excluding diaryl/α,β-unsaturated/α-hetero) is 1. The van der Waals surface area contributed by atoms with Crippen LogP contribution in [0.25, 0.3) is 11.4 Å². The Morgan fingerprint density at radius 1 is 1.21 bits per heavy atom. The molecule has 24 heavy (non-hydrogen) atoms. The molecule has 3 rings (SSSR count). The number of hydrogen-bond donors (Lipinski definition) is 1. The third kappa shape index (κ3) is 3.88. The summed E-state index contributed by atoms with van der Waals surface area (Å²) in [6.07, 6.45) is 0. The number of carbonyl (C=O) groups excluding carboxylic acids is 1. The second-order valence-electron chi connectivity index (χ2n) is 5.08. The predicted molar refractivity (Wildman–Crippen MR) is 101 cm³/mol. The van der Waals surface area contributed by atoms with Crippen molar-refractivity contribution in [3.63, 3.8) is 0 Å². The van der Waals surface area contributed by atoms with Crippen LogP contribution in [0.4, 0.5) is 0 Å². The molecule has 1 N–H and O–H groups in total. The first-order valence-corrected chi connectivity index (χ1v) is 9.23. The summed E-state index contributed by atoms with van der Waals surface area (Å²) in [6, 6.07) is 14.6. The Hall–Kier alpha value is -1.63. The zero-order valence-corrected chi connectivity index (χ0v) is 15.8. The Morgan fingerprint density at radius 2 is 1.92 bits per heavy atom. The summed E-state index contributed by atoms with van der Waals surface area (Å²) in [7, 11) is 0. The second-order valence-corrected chi connectivity index (χ2v) is 7.68. The fourth-order valence-corrected chi connectivity index (χ4v) is 3.53. The number of carbonyl (C=O) groups is 1. The van der Waals surface area contributed by atoms with Crippen molar-refractivity contribution in [2.45, 2.75) is 17.3 Å². The van der Waals surface area contributed by atoms with Crippen molar-refractivity contribution < 1.29 is 4.79 Å². The first-order chi connectivity index (χ1) is 11.5. The fourth-order valence-electron chi connectivity index (χ4n) is 2.13. The standard InChI is InChI=1S/C17H13BrClN3OS/c1-10(15(23)11-6-8-12(19)9-7-11)24-17-20-16(21-22-17)13-4-2-3-5-14(13)18/h2-10H,1H3,(H,20,21,22). The van der Waals surface area contributed by atoms with E-state index in [1.165, 1.54) is 11.8 Å². The van der Waals surface area contributed by atoms with Crippen molar-refractivity contribution in [3.8, 4) is 11.4 Å². The van der Waals surface area contributed by atoms with Gasteiger partial charge in [-0.2, -0.15) is 0 Å². The molecule has 1 unspecified atom stereocenters. The van der Waals surface area contributed by atoms with Crippen LogP contribution in [0.15, 0.2) is 58.2 Å². The number of halogens is 2. The second kappa shape index (κ2) is 7.51. The van der Waals surface area contributed by atoms with Crippen LogP contribution in [0.1, 0.15) is 17.3 Å².